The third-order valence-corrected chi connectivity index (χ3v) is 7.93. The van der Waals surface area contributed by atoms with Crippen molar-refractivity contribution in [2.75, 3.05) is 18.0 Å². The van der Waals surface area contributed by atoms with Gasteiger partial charge < -0.3 is 14.2 Å². The number of alkyl halides is 5. The number of benzene rings is 3. The minimum Gasteiger partial charge on any atom is -0.486 e. The molecule has 1 aliphatic heterocycles. The van der Waals surface area contributed by atoms with Crippen LogP contribution in [0.1, 0.15) is 29.5 Å². The molecule has 1 heterocycles. The summed E-state index contributed by atoms with van der Waals surface area (Å²) in [6.07, 6.45) is -2.62. The fraction of sp³-hybridized carbons (Fsp3) is 0.250. The first-order valence-electron chi connectivity index (χ1n) is 12.2. The molecule has 3 aromatic carbocycles. The Morgan fingerprint density at radius 2 is 1.83 bits per heavy atom. The van der Waals surface area contributed by atoms with E-state index in [0.717, 1.165) is 16.4 Å². The minimum absolute atomic E-state index is 0.0540. The lowest BCUT2D eigenvalue weighted by atomic mass is 10.0. The van der Waals surface area contributed by atoms with Crippen LogP contribution in [-0.4, -0.2) is 40.8 Å². The SMILES string of the molecule is COC(=O)CCC1CN(S(=O)(=O)c2cccc(OC(F)F)c2)c2cc(C=Cc3ccccc3C(F)(F)F)ccc2O1. The fourth-order valence-corrected chi connectivity index (χ4v) is 5.75. The number of carbonyl (C=O) groups excluding carboxylic acids is 1. The zero-order valence-corrected chi connectivity index (χ0v) is 22.3. The molecule has 13 heteroatoms. The summed E-state index contributed by atoms with van der Waals surface area (Å²) in [4.78, 5) is 11.3. The van der Waals surface area contributed by atoms with Gasteiger partial charge in [0, 0.05) is 12.5 Å². The molecule has 0 amide bonds. The zero-order valence-electron chi connectivity index (χ0n) is 21.5. The molecule has 41 heavy (non-hydrogen) atoms. The lowest BCUT2D eigenvalue weighted by Crippen LogP contribution is -2.43. The maximum atomic E-state index is 13.8. The normalized spacial score (nSPS) is 15.5. The predicted octanol–water partition coefficient (Wildman–Crippen LogP) is 6.39. The molecular weight excluding hydrogens is 573 g/mol. The number of hydrogen-bond donors (Lipinski definition) is 0. The number of halogens is 5. The summed E-state index contributed by atoms with van der Waals surface area (Å²) in [6, 6.07) is 14.0. The van der Waals surface area contributed by atoms with Gasteiger partial charge in [-0.15, -0.1) is 0 Å². The van der Waals surface area contributed by atoms with Crippen molar-refractivity contribution in [3.05, 3.63) is 83.4 Å². The van der Waals surface area contributed by atoms with Gasteiger partial charge in [-0.3, -0.25) is 9.10 Å². The van der Waals surface area contributed by atoms with E-state index in [2.05, 4.69) is 9.47 Å². The van der Waals surface area contributed by atoms with E-state index in [-0.39, 0.29) is 47.0 Å². The summed E-state index contributed by atoms with van der Waals surface area (Å²) in [6.45, 7) is -3.41. The number of carbonyl (C=O) groups is 1. The number of fused-ring (bicyclic) bond motifs is 1. The second-order valence-electron chi connectivity index (χ2n) is 8.89. The molecule has 0 aliphatic carbocycles. The zero-order chi connectivity index (χ0) is 29.8. The first-order valence-corrected chi connectivity index (χ1v) is 13.6. The maximum Gasteiger partial charge on any atom is 0.416 e. The van der Waals surface area contributed by atoms with Crippen LogP contribution < -0.4 is 13.8 Å². The van der Waals surface area contributed by atoms with Gasteiger partial charge in [0.05, 0.1) is 29.8 Å². The average Bonchev–Trinajstić information content (AvgIpc) is 2.93. The van der Waals surface area contributed by atoms with Crippen LogP contribution in [0.3, 0.4) is 0 Å². The van der Waals surface area contributed by atoms with Crippen molar-refractivity contribution in [3.63, 3.8) is 0 Å². The van der Waals surface area contributed by atoms with E-state index in [4.69, 9.17) is 4.74 Å². The lowest BCUT2D eigenvalue weighted by Gasteiger charge is -2.35. The fourth-order valence-electron chi connectivity index (χ4n) is 4.22. The van der Waals surface area contributed by atoms with Crippen molar-refractivity contribution < 1.29 is 49.4 Å². The molecule has 1 aliphatic rings. The molecule has 0 spiro atoms. The number of nitrogens with zero attached hydrogens (tertiary/aromatic N) is 1. The van der Waals surface area contributed by atoms with E-state index in [1.54, 1.807) is 0 Å². The van der Waals surface area contributed by atoms with Crippen LogP contribution in [0.5, 0.6) is 11.5 Å². The Morgan fingerprint density at radius 1 is 1.07 bits per heavy atom. The Labute approximate surface area is 232 Å². The third-order valence-electron chi connectivity index (χ3n) is 6.15. The molecule has 0 aromatic heterocycles. The average molecular weight is 598 g/mol. The highest BCUT2D eigenvalue weighted by atomic mass is 32.2. The Kier molecular flexibility index (Phi) is 8.86. The first-order chi connectivity index (χ1) is 19.4. The van der Waals surface area contributed by atoms with Gasteiger partial charge in [0.2, 0.25) is 0 Å². The highest BCUT2D eigenvalue weighted by Crippen LogP contribution is 2.40. The van der Waals surface area contributed by atoms with Gasteiger partial charge in [-0.2, -0.15) is 22.0 Å². The van der Waals surface area contributed by atoms with Gasteiger partial charge >= 0.3 is 18.8 Å². The van der Waals surface area contributed by atoms with E-state index >= 15 is 0 Å². The highest BCUT2D eigenvalue weighted by molar-refractivity contribution is 7.92. The van der Waals surface area contributed by atoms with E-state index in [1.165, 1.54) is 73.9 Å². The Bertz CT molecular complexity index is 1540. The summed E-state index contributed by atoms with van der Waals surface area (Å²) < 4.78 is 109. The van der Waals surface area contributed by atoms with Crippen molar-refractivity contribution in [2.24, 2.45) is 0 Å². The molecule has 1 unspecified atom stereocenters. The minimum atomic E-state index is -4.57. The molecule has 4 rings (SSSR count). The summed E-state index contributed by atoms with van der Waals surface area (Å²) in [7, 11) is -3.17. The number of esters is 1. The van der Waals surface area contributed by atoms with E-state index < -0.39 is 40.4 Å². The maximum absolute atomic E-state index is 13.8. The topological polar surface area (TPSA) is 82.1 Å². The van der Waals surface area contributed by atoms with Gasteiger partial charge in [0.25, 0.3) is 10.0 Å². The van der Waals surface area contributed by atoms with Crippen LogP contribution in [0.25, 0.3) is 12.2 Å². The smallest absolute Gasteiger partial charge is 0.416 e. The summed E-state index contributed by atoms with van der Waals surface area (Å²) >= 11 is 0. The molecular formula is C28H24F5NO6S. The first kappa shape index (κ1) is 29.8. The van der Waals surface area contributed by atoms with Crippen molar-refractivity contribution in [2.45, 2.75) is 36.6 Å². The van der Waals surface area contributed by atoms with Gasteiger partial charge in [-0.25, -0.2) is 8.42 Å². The molecule has 3 aromatic rings. The van der Waals surface area contributed by atoms with Crippen LogP contribution in [0.15, 0.2) is 71.6 Å². The van der Waals surface area contributed by atoms with Crippen LogP contribution in [-0.2, 0) is 25.7 Å². The largest absolute Gasteiger partial charge is 0.486 e. The molecule has 1 atom stereocenters. The second kappa shape index (κ2) is 12.2. The second-order valence-corrected chi connectivity index (χ2v) is 10.8. The van der Waals surface area contributed by atoms with Crippen molar-refractivity contribution >= 4 is 33.8 Å². The summed E-state index contributed by atoms with van der Waals surface area (Å²) in [5.74, 6) is -0.746. The Balaban J connectivity index is 1.73. The molecule has 218 valence electrons. The van der Waals surface area contributed by atoms with Crippen molar-refractivity contribution in [1.29, 1.82) is 0 Å². The van der Waals surface area contributed by atoms with Crippen molar-refractivity contribution in [3.8, 4) is 11.5 Å². The molecule has 0 bridgehead atoms. The third kappa shape index (κ3) is 7.15. The van der Waals surface area contributed by atoms with Crippen LogP contribution in [0.4, 0.5) is 27.6 Å². The summed E-state index contributed by atoms with van der Waals surface area (Å²) in [5.41, 5.74) is -0.476. The Morgan fingerprint density at radius 3 is 2.54 bits per heavy atom. The summed E-state index contributed by atoms with van der Waals surface area (Å²) in [5, 5.41) is 0. The molecule has 0 N–H and O–H groups in total. The van der Waals surface area contributed by atoms with Gasteiger partial charge in [-0.1, -0.05) is 42.5 Å². The number of hydrogen-bond acceptors (Lipinski definition) is 6. The Hall–Kier alpha value is -4.13. The molecule has 7 nitrogen and oxygen atoms in total. The molecule has 0 saturated carbocycles. The predicted molar refractivity (Wildman–Crippen MR) is 140 cm³/mol. The molecule has 0 fully saturated rings. The number of rotatable bonds is 9. The van der Waals surface area contributed by atoms with Crippen LogP contribution in [0.2, 0.25) is 0 Å². The van der Waals surface area contributed by atoms with Crippen molar-refractivity contribution in [1.82, 2.24) is 0 Å². The molecule has 0 saturated heterocycles. The number of methoxy groups -OCH3 is 1. The van der Waals surface area contributed by atoms with Gasteiger partial charge in [-0.05, 0) is 47.9 Å². The van der Waals surface area contributed by atoms with Crippen LogP contribution in [0, 0.1) is 0 Å². The quantitative estimate of drug-likeness (QED) is 0.162. The molecule has 0 radical (unpaired) electrons. The number of sulfonamides is 1. The van der Waals surface area contributed by atoms with E-state index in [9.17, 15) is 35.2 Å². The number of ether oxygens (including phenoxy) is 3. The van der Waals surface area contributed by atoms with Gasteiger partial charge in [0.1, 0.15) is 17.6 Å². The van der Waals surface area contributed by atoms with Crippen LogP contribution >= 0.6 is 0 Å². The standard InChI is InChI=1S/C28H24F5NO6S/c1-38-26(35)14-12-21-17-34(41(36,37)22-7-4-6-20(16-22)40-27(29)30)24-15-18(10-13-25(24)39-21)9-11-19-5-2-3-8-23(19)28(31,32)33/h2-11,13,15-16,21,27H,12,14,17H2,1H3. The van der Waals surface area contributed by atoms with Gasteiger partial charge in [0.15, 0.2) is 0 Å². The van der Waals surface area contributed by atoms with E-state index in [1.807, 2.05) is 0 Å². The lowest BCUT2D eigenvalue weighted by molar-refractivity contribution is -0.141. The monoisotopic (exact) mass is 597 g/mol. The highest BCUT2D eigenvalue weighted by Gasteiger charge is 2.35. The number of anilines is 1. The van der Waals surface area contributed by atoms with E-state index in [0.29, 0.717) is 5.56 Å².